The van der Waals surface area contributed by atoms with Gasteiger partial charge in [0.15, 0.2) is 6.29 Å². The number of methoxy groups -OCH3 is 3. The molecule has 0 saturated carbocycles. The average molecular weight is 311 g/mol. The Balaban J connectivity index is 1.98. The van der Waals surface area contributed by atoms with Gasteiger partial charge in [0.1, 0.15) is 0 Å². The largest absolute Gasteiger partial charge is 0.481 e. The lowest BCUT2D eigenvalue weighted by atomic mass is 10.4. The van der Waals surface area contributed by atoms with Gasteiger partial charge in [-0.25, -0.2) is 9.67 Å². The van der Waals surface area contributed by atoms with Crippen LogP contribution < -0.4 is 4.74 Å². The Bertz CT molecular complexity index is 561. The lowest BCUT2D eigenvalue weighted by molar-refractivity contribution is -0.113. The van der Waals surface area contributed by atoms with Gasteiger partial charge in [-0.15, -0.1) is 5.10 Å². The van der Waals surface area contributed by atoms with Crippen LogP contribution in [0.4, 0.5) is 0 Å². The van der Waals surface area contributed by atoms with Crippen molar-refractivity contribution >= 4 is 11.8 Å². The lowest BCUT2D eigenvalue weighted by Crippen LogP contribution is -2.21. The number of tetrazole rings is 1. The van der Waals surface area contributed by atoms with Crippen LogP contribution >= 0.6 is 11.8 Å². The first-order chi connectivity index (χ1) is 10.3. The van der Waals surface area contributed by atoms with Gasteiger partial charge in [0.25, 0.3) is 0 Å². The predicted octanol–water partition coefficient (Wildman–Crippen LogP) is 0.988. The zero-order valence-electron chi connectivity index (χ0n) is 12.1. The molecular weight excluding hydrogens is 294 g/mol. The molecule has 0 amide bonds. The summed E-state index contributed by atoms with van der Waals surface area (Å²) >= 11 is 1.49. The van der Waals surface area contributed by atoms with E-state index in [-0.39, 0.29) is 6.29 Å². The second kappa shape index (κ2) is 7.91. The van der Waals surface area contributed by atoms with Crippen molar-refractivity contribution in [3.63, 3.8) is 0 Å². The molecule has 0 aliphatic carbocycles. The van der Waals surface area contributed by atoms with Crippen molar-refractivity contribution in [3.05, 3.63) is 23.9 Å². The second-order valence-corrected chi connectivity index (χ2v) is 4.95. The minimum absolute atomic E-state index is 0.386. The van der Waals surface area contributed by atoms with Gasteiger partial charge in [0.05, 0.1) is 19.3 Å². The average Bonchev–Trinajstić information content (AvgIpc) is 2.98. The van der Waals surface area contributed by atoms with Gasteiger partial charge in [0, 0.05) is 26.0 Å². The van der Waals surface area contributed by atoms with Crippen LogP contribution in [-0.4, -0.2) is 52.8 Å². The maximum Gasteiger partial charge on any atom is 0.213 e. The van der Waals surface area contributed by atoms with Crippen LogP contribution in [0.15, 0.2) is 23.4 Å². The molecule has 2 heterocycles. The third-order valence-corrected chi connectivity index (χ3v) is 3.68. The van der Waals surface area contributed by atoms with Crippen molar-refractivity contribution in [2.24, 2.45) is 0 Å². The van der Waals surface area contributed by atoms with Crippen molar-refractivity contribution < 1.29 is 14.2 Å². The highest BCUT2D eigenvalue weighted by molar-refractivity contribution is 7.98. The molecule has 2 rings (SSSR count). The molecule has 0 unspecified atom stereocenters. The Morgan fingerprint density at radius 1 is 1.24 bits per heavy atom. The number of hydrogen-bond acceptors (Lipinski definition) is 8. The fourth-order valence-electron chi connectivity index (χ4n) is 1.59. The molecule has 0 spiro atoms. The van der Waals surface area contributed by atoms with Crippen LogP contribution in [0.5, 0.6) is 5.88 Å². The molecule has 0 N–H and O–H groups in total. The van der Waals surface area contributed by atoms with Crippen molar-refractivity contribution in [1.29, 1.82) is 0 Å². The summed E-state index contributed by atoms with van der Waals surface area (Å²) in [4.78, 5) is 4.34. The molecule has 0 aliphatic heterocycles. The molecule has 0 saturated heterocycles. The smallest absolute Gasteiger partial charge is 0.213 e. The minimum atomic E-state index is -0.386. The summed E-state index contributed by atoms with van der Waals surface area (Å²) < 4.78 is 17.0. The Labute approximate surface area is 126 Å². The Morgan fingerprint density at radius 3 is 2.76 bits per heavy atom. The van der Waals surface area contributed by atoms with E-state index in [1.165, 1.54) is 11.8 Å². The molecule has 114 valence electrons. The summed E-state index contributed by atoms with van der Waals surface area (Å²) in [5.41, 5.74) is 0.893. The van der Waals surface area contributed by atoms with Gasteiger partial charge in [0.2, 0.25) is 11.0 Å². The van der Waals surface area contributed by atoms with Gasteiger partial charge in [-0.05, 0) is 16.5 Å². The highest BCUT2D eigenvalue weighted by atomic mass is 32.2. The molecule has 0 bridgehead atoms. The van der Waals surface area contributed by atoms with Crippen molar-refractivity contribution in [2.75, 3.05) is 21.3 Å². The van der Waals surface area contributed by atoms with Crippen molar-refractivity contribution in [1.82, 2.24) is 25.2 Å². The first kappa shape index (κ1) is 15.7. The van der Waals surface area contributed by atoms with Crippen LogP contribution in [0.25, 0.3) is 0 Å². The third kappa shape index (κ3) is 4.38. The van der Waals surface area contributed by atoms with E-state index in [2.05, 4.69) is 20.5 Å². The van der Waals surface area contributed by atoms with Crippen LogP contribution in [0.1, 0.15) is 5.69 Å². The molecule has 8 nitrogen and oxygen atoms in total. The molecular formula is C12H17N5O3S. The Morgan fingerprint density at radius 2 is 2.05 bits per heavy atom. The molecule has 9 heteroatoms. The van der Waals surface area contributed by atoms with E-state index in [0.717, 1.165) is 5.69 Å². The molecule has 0 aromatic carbocycles. The van der Waals surface area contributed by atoms with E-state index in [9.17, 15) is 0 Å². The first-order valence-corrected chi connectivity index (χ1v) is 7.20. The van der Waals surface area contributed by atoms with Crippen molar-refractivity contribution in [3.8, 4) is 5.88 Å². The number of pyridine rings is 1. The van der Waals surface area contributed by atoms with E-state index in [4.69, 9.17) is 14.2 Å². The summed E-state index contributed by atoms with van der Waals surface area (Å²) in [6.07, 6.45) is -0.386. The number of thioether (sulfide) groups is 1. The van der Waals surface area contributed by atoms with E-state index in [1.807, 2.05) is 12.1 Å². The maximum absolute atomic E-state index is 5.14. The van der Waals surface area contributed by atoms with E-state index in [0.29, 0.717) is 23.3 Å². The quantitative estimate of drug-likeness (QED) is 0.527. The van der Waals surface area contributed by atoms with E-state index >= 15 is 0 Å². The van der Waals surface area contributed by atoms with Gasteiger partial charge in [-0.2, -0.15) is 0 Å². The Hall–Kier alpha value is -1.71. The monoisotopic (exact) mass is 311 g/mol. The summed E-state index contributed by atoms with van der Waals surface area (Å²) in [5, 5.41) is 12.3. The van der Waals surface area contributed by atoms with Crippen molar-refractivity contribution in [2.45, 2.75) is 23.7 Å². The molecule has 2 aromatic heterocycles. The maximum atomic E-state index is 5.14. The van der Waals surface area contributed by atoms with Gasteiger partial charge in [-0.1, -0.05) is 17.8 Å². The summed E-state index contributed by atoms with van der Waals surface area (Å²) in [6.45, 7) is 0.424. The van der Waals surface area contributed by atoms with Gasteiger partial charge in [-0.3, -0.25) is 0 Å². The normalized spacial score (nSPS) is 11.0. The zero-order chi connectivity index (χ0) is 15.1. The van der Waals surface area contributed by atoms with E-state index < -0.39 is 0 Å². The fraction of sp³-hybridized carbons (Fsp3) is 0.500. The number of hydrogen-bond donors (Lipinski definition) is 0. The number of ether oxygens (including phenoxy) is 3. The van der Waals surface area contributed by atoms with Crippen LogP contribution in [0.2, 0.25) is 0 Å². The molecule has 0 fully saturated rings. The molecule has 2 aromatic rings. The second-order valence-electron chi connectivity index (χ2n) is 4.00. The topological polar surface area (TPSA) is 84.2 Å². The van der Waals surface area contributed by atoms with Crippen LogP contribution in [0.3, 0.4) is 0 Å². The van der Waals surface area contributed by atoms with E-state index in [1.54, 1.807) is 32.1 Å². The predicted molar refractivity (Wildman–Crippen MR) is 76.0 cm³/mol. The SMILES string of the molecule is COc1cccc(CSc2nnnn2CC(OC)OC)n1. The van der Waals surface area contributed by atoms with Crippen LogP contribution in [-0.2, 0) is 21.8 Å². The molecule has 0 aliphatic rings. The van der Waals surface area contributed by atoms with Gasteiger partial charge >= 0.3 is 0 Å². The molecule has 0 radical (unpaired) electrons. The third-order valence-electron chi connectivity index (χ3n) is 2.69. The summed E-state index contributed by atoms with van der Waals surface area (Å²) in [6, 6.07) is 5.63. The minimum Gasteiger partial charge on any atom is -0.481 e. The van der Waals surface area contributed by atoms with Crippen LogP contribution in [0, 0.1) is 0 Å². The number of aromatic nitrogens is 5. The summed E-state index contributed by atoms with van der Waals surface area (Å²) in [7, 11) is 4.74. The Kier molecular flexibility index (Phi) is 5.90. The highest BCUT2D eigenvalue weighted by Gasteiger charge is 2.13. The molecule has 21 heavy (non-hydrogen) atoms. The fourth-order valence-corrected chi connectivity index (χ4v) is 2.38. The number of nitrogens with zero attached hydrogens (tertiary/aromatic N) is 5. The summed E-state index contributed by atoms with van der Waals surface area (Å²) in [5.74, 6) is 1.23. The first-order valence-electron chi connectivity index (χ1n) is 6.21. The standard InChI is InChI=1S/C12H17N5O3S/c1-18-10-6-4-5-9(13-10)8-21-12-14-15-16-17(12)7-11(19-2)20-3/h4-6,11H,7-8H2,1-3H3. The van der Waals surface area contributed by atoms with Gasteiger partial charge < -0.3 is 14.2 Å². The lowest BCUT2D eigenvalue weighted by Gasteiger charge is -2.13. The number of rotatable bonds is 8. The molecule has 0 atom stereocenters. The zero-order valence-corrected chi connectivity index (χ0v) is 12.9. The highest BCUT2D eigenvalue weighted by Crippen LogP contribution is 2.20.